The Labute approximate surface area is 235 Å². The van der Waals surface area contributed by atoms with E-state index in [2.05, 4.69) is 48.7 Å². The minimum absolute atomic E-state index is 0.340. The Morgan fingerprint density at radius 1 is 1.05 bits per heavy atom. The molecule has 40 heavy (non-hydrogen) atoms. The summed E-state index contributed by atoms with van der Waals surface area (Å²) < 4.78 is 10.9. The summed E-state index contributed by atoms with van der Waals surface area (Å²) in [5.74, 6) is 1.48. The molecule has 1 aromatic carbocycles. The highest BCUT2D eigenvalue weighted by Crippen LogP contribution is 2.33. The van der Waals surface area contributed by atoms with E-state index in [9.17, 15) is 10.1 Å². The molecule has 1 saturated heterocycles. The first-order chi connectivity index (χ1) is 19.2. The minimum atomic E-state index is -0.645. The molecule has 4 rings (SSSR count). The quantitative estimate of drug-likeness (QED) is 0.342. The number of likely N-dealkylation sites (N-methyl/N-ethyl adjacent to an activating group) is 1. The normalized spacial score (nSPS) is 13.8. The number of nitrogens with zero attached hydrogens (tertiary/aromatic N) is 5. The maximum Gasteiger partial charge on any atom is 0.412 e. The second-order valence-corrected chi connectivity index (χ2v) is 10.3. The lowest BCUT2D eigenvalue weighted by Crippen LogP contribution is -2.46. The highest BCUT2D eigenvalue weighted by Gasteiger charge is 2.21. The van der Waals surface area contributed by atoms with E-state index in [4.69, 9.17) is 9.47 Å². The van der Waals surface area contributed by atoms with Gasteiger partial charge in [-0.2, -0.15) is 5.26 Å². The van der Waals surface area contributed by atoms with Gasteiger partial charge in [0.2, 0.25) is 0 Å². The Kier molecular flexibility index (Phi) is 8.91. The SMILES string of the molecule is CCN1CCN(c2ccc(Nc3cc(Nc4ncccc4OC)c(C#N)cn3)c(NC(=O)OC(C)(C)C)c2)CC1. The number of pyridine rings is 2. The molecule has 1 aliphatic rings. The van der Waals surface area contributed by atoms with Crippen LogP contribution in [0.2, 0.25) is 0 Å². The molecule has 0 aliphatic carbocycles. The molecule has 0 spiro atoms. The monoisotopic (exact) mass is 544 g/mol. The smallest absolute Gasteiger partial charge is 0.412 e. The lowest BCUT2D eigenvalue weighted by molar-refractivity contribution is 0.0636. The number of nitrogens with one attached hydrogen (secondary N) is 3. The molecule has 1 amide bonds. The molecule has 210 valence electrons. The molecule has 0 radical (unpaired) electrons. The van der Waals surface area contributed by atoms with Gasteiger partial charge >= 0.3 is 6.09 Å². The number of rotatable bonds is 8. The van der Waals surface area contributed by atoms with Crippen LogP contribution in [0.15, 0.2) is 48.8 Å². The van der Waals surface area contributed by atoms with Crippen molar-refractivity contribution >= 4 is 40.5 Å². The van der Waals surface area contributed by atoms with Crippen LogP contribution in [-0.4, -0.2) is 66.4 Å². The van der Waals surface area contributed by atoms with Gasteiger partial charge in [-0.3, -0.25) is 5.32 Å². The highest BCUT2D eigenvalue weighted by molar-refractivity contribution is 5.92. The molecule has 2 aromatic heterocycles. The molecule has 3 N–H and O–H groups in total. The van der Waals surface area contributed by atoms with Crippen molar-refractivity contribution in [1.29, 1.82) is 5.26 Å². The summed E-state index contributed by atoms with van der Waals surface area (Å²) in [6.45, 7) is 12.4. The zero-order valence-electron chi connectivity index (χ0n) is 23.6. The largest absolute Gasteiger partial charge is 0.493 e. The fourth-order valence-electron chi connectivity index (χ4n) is 4.31. The first-order valence-electron chi connectivity index (χ1n) is 13.2. The molecular weight excluding hydrogens is 508 g/mol. The number of amides is 1. The van der Waals surface area contributed by atoms with Crippen molar-refractivity contribution in [2.75, 3.05) is 60.7 Å². The summed E-state index contributed by atoms with van der Waals surface area (Å²) in [5.41, 5.74) is 2.38. The molecule has 11 heteroatoms. The van der Waals surface area contributed by atoms with Gasteiger partial charge in [0.05, 0.1) is 29.7 Å². The number of hydrogen-bond acceptors (Lipinski definition) is 10. The van der Waals surface area contributed by atoms with Crippen LogP contribution in [0.1, 0.15) is 33.3 Å². The van der Waals surface area contributed by atoms with Crippen molar-refractivity contribution in [3.05, 3.63) is 54.4 Å². The lowest BCUT2D eigenvalue weighted by Gasteiger charge is -2.35. The molecule has 3 heterocycles. The van der Waals surface area contributed by atoms with Gasteiger partial charge in [0.15, 0.2) is 11.6 Å². The van der Waals surface area contributed by atoms with Crippen LogP contribution >= 0.6 is 0 Å². The maximum atomic E-state index is 12.7. The van der Waals surface area contributed by atoms with E-state index in [-0.39, 0.29) is 0 Å². The summed E-state index contributed by atoms with van der Waals surface area (Å²) in [6, 6.07) is 13.3. The van der Waals surface area contributed by atoms with Gasteiger partial charge in [0.1, 0.15) is 17.5 Å². The molecule has 0 bridgehead atoms. The van der Waals surface area contributed by atoms with Crippen molar-refractivity contribution in [2.24, 2.45) is 0 Å². The third-order valence-corrected chi connectivity index (χ3v) is 6.35. The van der Waals surface area contributed by atoms with E-state index in [0.29, 0.717) is 40.0 Å². The summed E-state index contributed by atoms with van der Waals surface area (Å²) in [6.07, 6.45) is 2.55. The maximum absolute atomic E-state index is 12.7. The molecule has 1 aliphatic heterocycles. The van der Waals surface area contributed by atoms with Crippen molar-refractivity contribution in [3.8, 4) is 11.8 Å². The highest BCUT2D eigenvalue weighted by atomic mass is 16.6. The Balaban J connectivity index is 1.63. The second-order valence-electron chi connectivity index (χ2n) is 10.3. The first-order valence-corrected chi connectivity index (χ1v) is 13.2. The summed E-state index contributed by atoms with van der Waals surface area (Å²) in [7, 11) is 1.56. The first kappa shape index (κ1) is 28.4. The zero-order valence-corrected chi connectivity index (χ0v) is 23.6. The predicted octanol–water partition coefficient (Wildman–Crippen LogP) is 5.33. The van der Waals surface area contributed by atoms with Crippen LogP contribution in [0.25, 0.3) is 0 Å². The number of nitriles is 1. The van der Waals surface area contributed by atoms with E-state index in [1.165, 1.54) is 6.20 Å². The summed E-state index contributed by atoms with van der Waals surface area (Å²) in [5, 5.41) is 19.0. The van der Waals surface area contributed by atoms with E-state index >= 15 is 0 Å². The molecule has 0 unspecified atom stereocenters. The van der Waals surface area contributed by atoms with Crippen LogP contribution in [0.5, 0.6) is 5.75 Å². The number of anilines is 6. The number of piperazine rings is 1. The van der Waals surface area contributed by atoms with E-state index < -0.39 is 11.7 Å². The molecule has 0 saturated carbocycles. The van der Waals surface area contributed by atoms with Crippen LogP contribution in [0.3, 0.4) is 0 Å². The van der Waals surface area contributed by atoms with Gasteiger partial charge in [0, 0.05) is 50.3 Å². The summed E-state index contributed by atoms with van der Waals surface area (Å²) in [4.78, 5) is 26.2. The van der Waals surface area contributed by atoms with Crippen molar-refractivity contribution in [3.63, 3.8) is 0 Å². The summed E-state index contributed by atoms with van der Waals surface area (Å²) >= 11 is 0. The van der Waals surface area contributed by atoms with Crippen molar-refractivity contribution in [1.82, 2.24) is 14.9 Å². The van der Waals surface area contributed by atoms with Crippen LogP contribution < -0.4 is 25.6 Å². The fraction of sp³-hybridized carbons (Fsp3) is 0.379. The zero-order chi connectivity index (χ0) is 28.7. The molecule has 3 aromatic rings. The predicted molar refractivity (Wildman–Crippen MR) is 157 cm³/mol. The van der Waals surface area contributed by atoms with E-state index in [0.717, 1.165) is 38.4 Å². The molecular formula is C29H36N8O3. The number of hydrogen-bond donors (Lipinski definition) is 3. The Morgan fingerprint density at radius 3 is 2.50 bits per heavy atom. The third kappa shape index (κ3) is 7.30. The lowest BCUT2D eigenvalue weighted by atomic mass is 10.2. The Hall–Kier alpha value is -4.56. The number of methoxy groups -OCH3 is 1. The molecule has 11 nitrogen and oxygen atoms in total. The van der Waals surface area contributed by atoms with E-state index in [1.807, 2.05) is 39.0 Å². The molecule has 0 atom stereocenters. The number of carbonyl (C=O) groups is 1. The van der Waals surface area contributed by atoms with Gasteiger partial charge in [-0.15, -0.1) is 0 Å². The van der Waals surface area contributed by atoms with Gasteiger partial charge in [0.25, 0.3) is 0 Å². The van der Waals surface area contributed by atoms with E-state index in [1.54, 1.807) is 31.5 Å². The Morgan fingerprint density at radius 2 is 1.82 bits per heavy atom. The van der Waals surface area contributed by atoms with Gasteiger partial charge in [-0.1, -0.05) is 6.92 Å². The van der Waals surface area contributed by atoms with Crippen molar-refractivity contribution < 1.29 is 14.3 Å². The number of aromatic nitrogens is 2. The van der Waals surface area contributed by atoms with Crippen LogP contribution in [0, 0.1) is 11.3 Å². The Bertz CT molecular complexity index is 1370. The molecule has 1 fully saturated rings. The number of ether oxygens (including phenoxy) is 2. The average Bonchev–Trinajstić information content (AvgIpc) is 2.93. The second kappa shape index (κ2) is 12.5. The van der Waals surface area contributed by atoms with Crippen LogP contribution in [-0.2, 0) is 4.74 Å². The number of carbonyl (C=O) groups excluding carboxylic acids is 1. The van der Waals surface area contributed by atoms with Crippen molar-refractivity contribution in [2.45, 2.75) is 33.3 Å². The topological polar surface area (TPSA) is 128 Å². The van der Waals surface area contributed by atoms with Gasteiger partial charge in [-0.25, -0.2) is 14.8 Å². The standard InChI is InChI=1S/C29H36N8O3/c1-6-36-12-14-37(15-13-36)21-9-10-22(24(16-21)35-28(38)40-29(2,3)4)33-26-17-23(20(18-30)19-32-26)34-27-25(39-5)8-7-11-31-27/h7-11,16-17,19H,6,12-15H2,1-5H3,(H,35,38)(H2,31,32,33,34). The number of benzene rings is 1. The minimum Gasteiger partial charge on any atom is -0.493 e. The third-order valence-electron chi connectivity index (χ3n) is 6.35. The van der Waals surface area contributed by atoms with Crippen LogP contribution in [0.4, 0.5) is 39.2 Å². The average molecular weight is 545 g/mol. The van der Waals surface area contributed by atoms with Gasteiger partial charge < -0.3 is 29.9 Å². The van der Waals surface area contributed by atoms with Gasteiger partial charge in [-0.05, 0) is 57.6 Å². The fourth-order valence-corrected chi connectivity index (χ4v) is 4.31.